The van der Waals surface area contributed by atoms with Crippen molar-refractivity contribution in [3.8, 4) is 5.69 Å². The third-order valence-corrected chi connectivity index (χ3v) is 4.34. The van der Waals surface area contributed by atoms with Gasteiger partial charge < -0.3 is 0 Å². The van der Waals surface area contributed by atoms with E-state index in [0.717, 1.165) is 0 Å². The molecule has 0 spiro atoms. The Morgan fingerprint density at radius 3 is 2.29 bits per heavy atom. The lowest BCUT2D eigenvalue weighted by atomic mass is 10.1. The second kappa shape index (κ2) is 7.43. The van der Waals surface area contributed by atoms with Gasteiger partial charge in [0, 0.05) is 13.1 Å². The van der Waals surface area contributed by atoms with E-state index in [1.807, 2.05) is 18.2 Å². The molecule has 28 heavy (non-hydrogen) atoms. The summed E-state index contributed by atoms with van der Waals surface area (Å²) in [5, 5.41) is 15.7. The van der Waals surface area contributed by atoms with Gasteiger partial charge in [-0.3, -0.25) is 24.6 Å². The minimum atomic E-state index is -0.605. The van der Waals surface area contributed by atoms with Crippen LogP contribution in [-0.4, -0.2) is 33.4 Å². The number of nitro groups is 1. The molecule has 0 aliphatic rings. The zero-order chi connectivity index (χ0) is 20.4. The van der Waals surface area contributed by atoms with Gasteiger partial charge in [-0.2, -0.15) is 5.10 Å². The van der Waals surface area contributed by atoms with Crippen molar-refractivity contribution in [1.29, 1.82) is 0 Å². The van der Waals surface area contributed by atoms with Crippen molar-refractivity contribution in [2.75, 3.05) is 11.9 Å². The standard InChI is InChI=1S/C20H18N4O4/c1-13-18(14(2)25)19(23(21-13)15-9-5-4-6-10-15)22(3)20(26)16-11-7-8-12-17(16)24(27)28/h4-12H,1-3H3. The predicted octanol–water partition coefficient (Wildman–Crippen LogP) is 3.57. The molecule has 0 unspecified atom stereocenters. The summed E-state index contributed by atoms with van der Waals surface area (Å²) in [6.07, 6.45) is 0. The summed E-state index contributed by atoms with van der Waals surface area (Å²) in [6.45, 7) is 3.08. The Morgan fingerprint density at radius 2 is 1.68 bits per heavy atom. The van der Waals surface area contributed by atoms with E-state index in [1.165, 1.54) is 41.8 Å². The van der Waals surface area contributed by atoms with Crippen LogP contribution in [0.15, 0.2) is 54.6 Å². The SMILES string of the molecule is CC(=O)c1c(C)nn(-c2ccccc2)c1N(C)C(=O)c1ccccc1[N+](=O)[O-]. The second-order valence-electron chi connectivity index (χ2n) is 6.23. The predicted molar refractivity (Wildman–Crippen MR) is 104 cm³/mol. The van der Waals surface area contributed by atoms with E-state index in [-0.39, 0.29) is 22.9 Å². The number of rotatable bonds is 5. The highest BCUT2D eigenvalue weighted by molar-refractivity contribution is 6.11. The highest BCUT2D eigenvalue weighted by atomic mass is 16.6. The molecule has 1 amide bonds. The third-order valence-electron chi connectivity index (χ3n) is 4.34. The molecule has 0 aliphatic carbocycles. The van der Waals surface area contributed by atoms with Crippen LogP contribution in [0, 0.1) is 17.0 Å². The molecule has 2 aromatic carbocycles. The van der Waals surface area contributed by atoms with Crippen molar-refractivity contribution < 1.29 is 14.5 Å². The van der Waals surface area contributed by atoms with Gasteiger partial charge in [-0.1, -0.05) is 30.3 Å². The van der Waals surface area contributed by atoms with Crippen LogP contribution in [-0.2, 0) is 0 Å². The Kier molecular flexibility index (Phi) is 5.04. The first-order valence-electron chi connectivity index (χ1n) is 8.50. The molecule has 0 saturated carbocycles. The van der Waals surface area contributed by atoms with Gasteiger partial charge in [0.05, 0.1) is 21.9 Å². The molecule has 0 atom stereocenters. The molecule has 8 heteroatoms. The van der Waals surface area contributed by atoms with Crippen LogP contribution in [0.5, 0.6) is 0 Å². The monoisotopic (exact) mass is 378 g/mol. The lowest BCUT2D eigenvalue weighted by molar-refractivity contribution is -0.385. The number of carbonyl (C=O) groups excluding carboxylic acids is 2. The molecule has 0 bridgehead atoms. The number of aromatic nitrogens is 2. The van der Waals surface area contributed by atoms with Gasteiger partial charge >= 0.3 is 0 Å². The van der Waals surface area contributed by atoms with E-state index in [0.29, 0.717) is 16.9 Å². The zero-order valence-corrected chi connectivity index (χ0v) is 15.6. The number of nitro benzene ring substituents is 1. The third kappa shape index (κ3) is 3.27. The fraction of sp³-hybridized carbons (Fsp3) is 0.150. The summed E-state index contributed by atoms with van der Waals surface area (Å²) in [4.78, 5) is 37.3. The molecule has 0 N–H and O–H groups in total. The van der Waals surface area contributed by atoms with Crippen LogP contribution in [0.4, 0.5) is 11.5 Å². The maximum Gasteiger partial charge on any atom is 0.282 e. The number of nitrogens with zero attached hydrogens (tertiary/aromatic N) is 4. The van der Waals surface area contributed by atoms with Crippen molar-refractivity contribution in [1.82, 2.24) is 9.78 Å². The van der Waals surface area contributed by atoms with E-state index in [1.54, 1.807) is 25.1 Å². The number of benzene rings is 2. The van der Waals surface area contributed by atoms with Crippen LogP contribution in [0.3, 0.4) is 0 Å². The number of carbonyl (C=O) groups is 2. The molecule has 0 fully saturated rings. The van der Waals surface area contributed by atoms with Gasteiger partial charge in [-0.25, -0.2) is 4.68 Å². The van der Waals surface area contributed by atoms with E-state index in [9.17, 15) is 19.7 Å². The highest BCUT2D eigenvalue weighted by Crippen LogP contribution is 2.29. The van der Waals surface area contributed by atoms with Crippen LogP contribution < -0.4 is 4.90 Å². The summed E-state index contributed by atoms with van der Waals surface area (Å²) < 4.78 is 1.50. The fourth-order valence-electron chi connectivity index (χ4n) is 3.08. The van der Waals surface area contributed by atoms with Gasteiger partial charge in [0.15, 0.2) is 5.78 Å². The van der Waals surface area contributed by atoms with Gasteiger partial charge in [0.2, 0.25) is 0 Å². The number of Topliss-reactive ketones (excluding diaryl/α,β-unsaturated/α-hetero) is 1. The maximum atomic E-state index is 13.1. The van der Waals surface area contributed by atoms with E-state index < -0.39 is 10.8 Å². The molecule has 0 aliphatic heterocycles. The van der Waals surface area contributed by atoms with E-state index >= 15 is 0 Å². The largest absolute Gasteiger partial charge is 0.295 e. The Hall–Kier alpha value is -3.81. The summed E-state index contributed by atoms with van der Waals surface area (Å²) in [5.74, 6) is -0.594. The number of anilines is 1. The minimum Gasteiger partial charge on any atom is -0.295 e. The first-order valence-corrected chi connectivity index (χ1v) is 8.50. The van der Waals surface area contributed by atoms with Crippen molar-refractivity contribution in [3.63, 3.8) is 0 Å². The van der Waals surface area contributed by atoms with Crippen molar-refractivity contribution in [3.05, 3.63) is 81.5 Å². The van der Waals surface area contributed by atoms with Gasteiger partial charge in [0.1, 0.15) is 11.4 Å². The van der Waals surface area contributed by atoms with Crippen molar-refractivity contribution in [2.24, 2.45) is 0 Å². The molecule has 0 radical (unpaired) electrons. The zero-order valence-electron chi connectivity index (χ0n) is 15.6. The first kappa shape index (κ1) is 19.0. The number of para-hydroxylation sites is 2. The fourth-order valence-corrected chi connectivity index (χ4v) is 3.08. The Balaban J connectivity index is 2.19. The quantitative estimate of drug-likeness (QED) is 0.384. The molecule has 3 rings (SSSR count). The number of ketones is 1. The summed E-state index contributed by atoms with van der Waals surface area (Å²) in [7, 11) is 1.47. The molecule has 1 aromatic heterocycles. The summed E-state index contributed by atoms with van der Waals surface area (Å²) >= 11 is 0. The normalized spacial score (nSPS) is 10.5. The van der Waals surface area contributed by atoms with E-state index in [2.05, 4.69) is 5.10 Å². The molecule has 3 aromatic rings. The lowest BCUT2D eigenvalue weighted by Gasteiger charge is -2.20. The van der Waals surface area contributed by atoms with Crippen LogP contribution in [0.25, 0.3) is 5.69 Å². The van der Waals surface area contributed by atoms with Gasteiger partial charge in [0.25, 0.3) is 11.6 Å². The molecule has 0 saturated heterocycles. The number of aryl methyl sites for hydroxylation is 1. The molecule has 8 nitrogen and oxygen atoms in total. The van der Waals surface area contributed by atoms with Crippen LogP contribution in [0.2, 0.25) is 0 Å². The van der Waals surface area contributed by atoms with Gasteiger partial charge in [-0.05, 0) is 32.0 Å². The highest BCUT2D eigenvalue weighted by Gasteiger charge is 2.29. The molecule has 1 heterocycles. The first-order chi connectivity index (χ1) is 13.3. The Labute approximate surface area is 161 Å². The Bertz CT molecular complexity index is 1070. The summed E-state index contributed by atoms with van der Waals surface area (Å²) in [6, 6.07) is 14.8. The maximum absolute atomic E-state index is 13.1. The average Bonchev–Trinajstić information content (AvgIpc) is 3.04. The number of hydrogen-bond donors (Lipinski definition) is 0. The minimum absolute atomic E-state index is 0.0667. The smallest absolute Gasteiger partial charge is 0.282 e. The second-order valence-corrected chi connectivity index (χ2v) is 6.23. The number of amides is 1. The van der Waals surface area contributed by atoms with Gasteiger partial charge in [-0.15, -0.1) is 0 Å². The molecular formula is C20H18N4O4. The summed E-state index contributed by atoms with van der Waals surface area (Å²) in [5.41, 5.74) is 1.05. The average molecular weight is 378 g/mol. The van der Waals surface area contributed by atoms with Crippen LogP contribution >= 0.6 is 0 Å². The van der Waals surface area contributed by atoms with Crippen LogP contribution in [0.1, 0.15) is 33.3 Å². The van der Waals surface area contributed by atoms with Crippen molar-refractivity contribution in [2.45, 2.75) is 13.8 Å². The lowest BCUT2D eigenvalue weighted by Crippen LogP contribution is -2.30. The van der Waals surface area contributed by atoms with E-state index in [4.69, 9.17) is 0 Å². The Morgan fingerprint density at radius 1 is 1.07 bits per heavy atom. The van der Waals surface area contributed by atoms with Crippen molar-refractivity contribution >= 4 is 23.2 Å². The topological polar surface area (TPSA) is 98.3 Å². The molecular weight excluding hydrogens is 360 g/mol. The number of hydrogen-bond acceptors (Lipinski definition) is 5. The molecule has 142 valence electrons.